The first-order valence-electron chi connectivity index (χ1n) is 7.16. The second kappa shape index (κ2) is 5.08. The van der Waals surface area contributed by atoms with Crippen molar-refractivity contribution in [3.05, 3.63) is 41.6 Å². The minimum Gasteiger partial charge on any atom is -0.384 e. The monoisotopic (exact) mass is 255 g/mol. The summed E-state index contributed by atoms with van der Waals surface area (Å²) < 4.78 is 1.86. The average Bonchev–Trinajstić information content (AvgIpc) is 2.83. The Bertz CT molecular complexity index is 548. The maximum Gasteiger partial charge on any atom is 0.127 e. The summed E-state index contributed by atoms with van der Waals surface area (Å²) >= 11 is 0. The van der Waals surface area contributed by atoms with Gasteiger partial charge in [0.05, 0.1) is 11.4 Å². The van der Waals surface area contributed by atoms with Gasteiger partial charge in [-0.15, -0.1) is 0 Å². The molecular weight excluding hydrogens is 234 g/mol. The molecule has 0 unspecified atom stereocenters. The van der Waals surface area contributed by atoms with Crippen LogP contribution < -0.4 is 5.73 Å². The normalized spacial score (nSPS) is 16.7. The third-order valence-electron chi connectivity index (χ3n) is 4.06. The Hall–Kier alpha value is -1.77. The number of benzene rings is 1. The first kappa shape index (κ1) is 12.3. The van der Waals surface area contributed by atoms with E-state index in [1.807, 2.05) is 4.68 Å². The van der Waals surface area contributed by atoms with Crippen LogP contribution in [0.2, 0.25) is 0 Å². The van der Waals surface area contributed by atoms with Crippen molar-refractivity contribution < 1.29 is 0 Å². The van der Waals surface area contributed by atoms with E-state index in [4.69, 9.17) is 10.8 Å². The average molecular weight is 255 g/mol. The molecule has 1 heterocycles. The lowest BCUT2D eigenvalue weighted by molar-refractivity contribution is 0.435. The molecule has 1 aromatic heterocycles. The van der Waals surface area contributed by atoms with Crippen LogP contribution in [0.1, 0.15) is 49.3 Å². The SMILES string of the molecule is Cc1ccc(-n2nc(C3CCCCC3)cc2N)cc1. The molecule has 0 saturated heterocycles. The first-order chi connectivity index (χ1) is 9.24. The quantitative estimate of drug-likeness (QED) is 0.886. The predicted octanol–water partition coefficient (Wildman–Crippen LogP) is 3.81. The van der Waals surface area contributed by atoms with Crippen LogP contribution in [-0.2, 0) is 0 Å². The maximum absolute atomic E-state index is 6.12. The fourth-order valence-corrected chi connectivity index (χ4v) is 2.91. The van der Waals surface area contributed by atoms with Gasteiger partial charge in [0.25, 0.3) is 0 Å². The van der Waals surface area contributed by atoms with E-state index in [1.54, 1.807) is 0 Å². The van der Waals surface area contributed by atoms with E-state index in [0.717, 1.165) is 17.2 Å². The lowest BCUT2D eigenvalue weighted by Gasteiger charge is -2.19. The highest BCUT2D eigenvalue weighted by atomic mass is 15.3. The number of anilines is 1. The van der Waals surface area contributed by atoms with Crippen LogP contribution in [0.5, 0.6) is 0 Å². The Morgan fingerprint density at radius 2 is 1.79 bits per heavy atom. The largest absolute Gasteiger partial charge is 0.384 e. The minimum absolute atomic E-state index is 0.600. The fraction of sp³-hybridized carbons (Fsp3) is 0.438. The lowest BCUT2D eigenvalue weighted by Crippen LogP contribution is -2.06. The van der Waals surface area contributed by atoms with Gasteiger partial charge < -0.3 is 5.73 Å². The third-order valence-corrected chi connectivity index (χ3v) is 4.06. The molecule has 2 aromatic rings. The summed E-state index contributed by atoms with van der Waals surface area (Å²) in [5.74, 6) is 1.34. The molecule has 0 bridgehead atoms. The molecule has 1 saturated carbocycles. The fourth-order valence-electron chi connectivity index (χ4n) is 2.91. The summed E-state index contributed by atoms with van der Waals surface area (Å²) in [5.41, 5.74) is 9.58. The van der Waals surface area contributed by atoms with E-state index in [1.165, 1.54) is 37.7 Å². The van der Waals surface area contributed by atoms with Gasteiger partial charge >= 0.3 is 0 Å². The zero-order valence-corrected chi connectivity index (χ0v) is 11.5. The topological polar surface area (TPSA) is 43.8 Å². The third kappa shape index (κ3) is 2.50. The van der Waals surface area contributed by atoms with Crippen molar-refractivity contribution in [3.8, 4) is 5.69 Å². The summed E-state index contributed by atoms with van der Waals surface area (Å²) in [7, 11) is 0. The number of rotatable bonds is 2. The number of nitrogen functional groups attached to an aromatic ring is 1. The number of nitrogens with two attached hydrogens (primary N) is 1. The molecule has 0 atom stereocenters. The zero-order valence-electron chi connectivity index (χ0n) is 11.5. The molecule has 3 rings (SSSR count). The molecule has 2 N–H and O–H groups in total. The molecule has 1 aliphatic carbocycles. The van der Waals surface area contributed by atoms with Gasteiger partial charge in [0.1, 0.15) is 5.82 Å². The molecule has 0 radical (unpaired) electrons. The van der Waals surface area contributed by atoms with Gasteiger partial charge in [-0.05, 0) is 31.9 Å². The summed E-state index contributed by atoms with van der Waals surface area (Å²) in [6, 6.07) is 10.4. The highest BCUT2D eigenvalue weighted by molar-refractivity contribution is 5.44. The van der Waals surface area contributed by atoms with E-state index < -0.39 is 0 Å². The summed E-state index contributed by atoms with van der Waals surface area (Å²) in [4.78, 5) is 0. The van der Waals surface area contributed by atoms with Crippen LogP contribution in [0.3, 0.4) is 0 Å². The Labute approximate surface area is 114 Å². The van der Waals surface area contributed by atoms with E-state index in [0.29, 0.717) is 5.92 Å². The molecule has 3 heteroatoms. The highest BCUT2D eigenvalue weighted by Gasteiger charge is 2.19. The molecule has 1 aromatic carbocycles. The van der Waals surface area contributed by atoms with Crippen LogP contribution in [0.4, 0.5) is 5.82 Å². The second-order valence-electron chi connectivity index (χ2n) is 5.58. The number of aromatic nitrogens is 2. The van der Waals surface area contributed by atoms with E-state index in [-0.39, 0.29) is 0 Å². The molecule has 0 aliphatic heterocycles. The van der Waals surface area contributed by atoms with Crippen LogP contribution >= 0.6 is 0 Å². The molecule has 1 aliphatic rings. The smallest absolute Gasteiger partial charge is 0.127 e. The van der Waals surface area contributed by atoms with Crippen molar-refractivity contribution in [3.63, 3.8) is 0 Å². The van der Waals surface area contributed by atoms with Gasteiger partial charge in [-0.3, -0.25) is 0 Å². The second-order valence-corrected chi connectivity index (χ2v) is 5.58. The van der Waals surface area contributed by atoms with Crippen molar-refractivity contribution in [2.24, 2.45) is 0 Å². The Morgan fingerprint density at radius 1 is 1.11 bits per heavy atom. The molecule has 19 heavy (non-hydrogen) atoms. The van der Waals surface area contributed by atoms with Gasteiger partial charge in [0, 0.05) is 12.0 Å². The number of hydrogen-bond acceptors (Lipinski definition) is 2. The van der Waals surface area contributed by atoms with Gasteiger partial charge in [-0.25, -0.2) is 4.68 Å². The summed E-state index contributed by atoms with van der Waals surface area (Å²) in [6.07, 6.45) is 6.52. The van der Waals surface area contributed by atoms with E-state index in [2.05, 4.69) is 37.3 Å². The van der Waals surface area contributed by atoms with Crippen LogP contribution in [0.15, 0.2) is 30.3 Å². The van der Waals surface area contributed by atoms with Gasteiger partial charge in [-0.1, -0.05) is 37.0 Å². The molecule has 1 fully saturated rings. The standard InChI is InChI=1S/C16H21N3/c1-12-7-9-14(10-8-12)19-16(17)11-15(18-19)13-5-3-2-4-6-13/h7-11,13H,2-6,17H2,1H3. The van der Waals surface area contributed by atoms with Crippen molar-refractivity contribution in [2.45, 2.75) is 44.9 Å². The molecule has 0 amide bonds. The summed E-state index contributed by atoms with van der Waals surface area (Å²) in [6.45, 7) is 2.09. The van der Waals surface area contributed by atoms with Crippen LogP contribution in [0, 0.1) is 6.92 Å². The molecule has 0 spiro atoms. The first-order valence-corrected chi connectivity index (χ1v) is 7.16. The Morgan fingerprint density at radius 3 is 2.47 bits per heavy atom. The minimum atomic E-state index is 0.600. The Balaban J connectivity index is 1.90. The van der Waals surface area contributed by atoms with Crippen LogP contribution in [-0.4, -0.2) is 9.78 Å². The van der Waals surface area contributed by atoms with E-state index >= 15 is 0 Å². The maximum atomic E-state index is 6.12. The number of hydrogen-bond donors (Lipinski definition) is 1. The van der Waals surface area contributed by atoms with Gasteiger partial charge in [0.2, 0.25) is 0 Å². The van der Waals surface area contributed by atoms with Crippen molar-refractivity contribution in [1.29, 1.82) is 0 Å². The summed E-state index contributed by atoms with van der Waals surface area (Å²) in [5, 5.41) is 4.73. The number of nitrogens with zero attached hydrogens (tertiary/aromatic N) is 2. The van der Waals surface area contributed by atoms with Gasteiger partial charge in [0.15, 0.2) is 0 Å². The number of aryl methyl sites for hydroxylation is 1. The van der Waals surface area contributed by atoms with Crippen molar-refractivity contribution in [1.82, 2.24) is 9.78 Å². The Kier molecular flexibility index (Phi) is 3.28. The molecule has 3 nitrogen and oxygen atoms in total. The zero-order chi connectivity index (χ0) is 13.2. The predicted molar refractivity (Wildman–Crippen MR) is 78.5 cm³/mol. The van der Waals surface area contributed by atoms with Gasteiger partial charge in [-0.2, -0.15) is 5.10 Å². The van der Waals surface area contributed by atoms with Crippen molar-refractivity contribution in [2.75, 3.05) is 5.73 Å². The molecular formula is C16H21N3. The van der Waals surface area contributed by atoms with E-state index in [9.17, 15) is 0 Å². The van der Waals surface area contributed by atoms with Crippen molar-refractivity contribution >= 4 is 5.82 Å². The highest BCUT2D eigenvalue weighted by Crippen LogP contribution is 2.33. The lowest BCUT2D eigenvalue weighted by atomic mass is 9.87. The molecule has 100 valence electrons. The van der Waals surface area contributed by atoms with Crippen LogP contribution in [0.25, 0.3) is 5.69 Å².